The smallest absolute Gasteiger partial charge is 0.344 e. The molecule has 0 unspecified atom stereocenters. The van der Waals surface area contributed by atoms with Gasteiger partial charge in [-0.25, -0.2) is 9.18 Å². The molecule has 4 nitrogen and oxygen atoms in total. The van der Waals surface area contributed by atoms with Gasteiger partial charge in [-0.05, 0) is 24.1 Å². The molecule has 2 rings (SSSR count). The standard InChI is InChI=1S/C17H18FNO3/c1-21-17(20)16-14(18)8-5-9-15(16)22-11-13(19)10-12-6-3-2-4-7-12/h2-9,13H,10-11,19H2,1H3/t13-/m1/s1. The summed E-state index contributed by atoms with van der Waals surface area (Å²) >= 11 is 0. The lowest BCUT2D eigenvalue weighted by molar-refractivity contribution is 0.0590. The molecule has 0 radical (unpaired) electrons. The van der Waals surface area contributed by atoms with Crippen LogP contribution in [0.1, 0.15) is 15.9 Å². The highest BCUT2D eigenvalue weighted by atomic mass is 19.1. The van der Waals surface area contributed by atoms with Crippen LogP contribution in [-0.2, 0) is 11.2 Å². The van der Waals surface area contributed by atoms with Gasteiger partial charge in [0.15, 0.2) is 0 Å². The van der Waals surface area contributed by atoms with E-state index in [9.17, 15) is 9.18 Å². The van der Waals surface area contributed by atoms with E-state index in [1.807, 2.05) is 30.3 Å². The highest BCUT2D eigenvalue weighted by Gasteiger charge is 2.19. The number of hydrogen-bond donors (Lipinski definition) is 1. The van der Waals surface area contributed by atoms with Gasteiger partial charge in [0.25, 0.3) is 0 Å². The van der Waals surface area contributed by atoms with Crippen LogP contribution in [-0.4, -0.2) is 25.7 Å². The van der Waals surface area contributed by atoms with Crippen molar-refractivity contribution in [1.82, 2.24) is 0 Å². The number of carbonyl (C=O) groups is 1. The van der Waals surface area contributed by atoms with Gasteiger partial charge in [-0.3, -0.25) is 0 Å². The number of benzene rings is 2. The Balaban J connectivity index is 2.02. The molecule has 0 spiro atoms. The zero-order valence-electron chi connectivity index (χ0n) is 12.3. The average molecular weight is 303 g/mol. The first-order valence-corrected chi connectivity index (χ1v) is 6.91. The zero-order chi connectivity index (χ0) is 15.9. The molecule has 0 aromatic heterocycles. The Morgan fingerprint density at radius 1 is 1.18 bits per heavy atom. The lowest BCUT2D eigenvalue weighted by atomic mass is 10.1. The molecule has 2 N–H and O–H groups in total. The van der Waals surface area contributed by atoms with Crippen LogP contribution in [0.5, 0.6) is 5.75 Å². The fourth-order valence-corrected chi connectivity index (χ4v) is 2.10. The molecular weight excluding hydrogens is 285 g/mol. The number of esters is 1. The van der Waals surface area contributed by atoms with Crippen LogP contribution in [0.2, 0.25) is 0 Å². The second-order valence-corrected chi connectivity index (χ2v) is 4.87. The number of hydrogen-bond acceptors (Lipinski definition) is 4. The van der Waals surface area contributed by atoms with Crippen molar-refractivity contribution < 1.29 is 18.7 Å². The highest BCUT2D eigenvalue weighted by molar-refractivity contribution is 5.92. The minimum atomic E-state index is -0.773. The lowest BCUT2D eigenvalue weighted by Gasteiger charge is -2.15. The normalized spacial score (nSPS) is 11.8. The third-order valence-electron chi connectivity index (χ3n) is 3.16. The molecule has 0 aliphatic rings. The van der Waals surface area contributed by atoms with E-state index in [0.717, 1.165) is 5.56 Å². The molecule has 0 aliphatic heterocycles. The molecule has 0 aliphatic carbocycles. The van der Waals surface area contributed by atoms with Crippen molar-refractivity contribution in [2.45, 2.75) is 12.5 Å². The SMILES string of the molecule is COC(=O)c1c(F)cccc1OC[C@H](N)Cc1ccccc1. The van der Waals surface area contributed by atoms with E-state index >= 15 is 0 Å². The third-order valence-corrected chi connectivity index (χ3v) is 3.16. The van der Waals surface area contributed by atoms with Gasteiger partial charge >= 0.3 is 5.97 Å². The van der Waals surface area contributed by atoms with Crippen molar-refractivity contribution >= 4 is 5.97 Å². The minimum Gasteiger partial charge on any atom is -0.491 e. The summed E-state index contributed by atoms with van der Waals surface area (Å²) in [6, 6.07) is 13.7. The monoisotopic (exact) mass is 303 g/mol. The number of carbonyl (C=O) groups excluding carboxylic acids is 1. The maximum atomic E-state index is 13.7. The Labute approximate surface area is 128 Å². The molecule has 0 bridgehead atoms. The second-order valence-electron chi connectivity index (χ2n) is 4.87. The zero-order valence-corrected chi connectivity index (χ0v) is 12.3. The van der Waals surface area contributed by atoms with Gasteiger partial charge < -0.3 is 15.2 Å². The first-order chi connectivity index (χ1) is 10.6. The third kappa shape index (κ3) is 4.05. The summed E-state index contributed by atoms with van der Waals surface area (Å²) in [7, 11) is 1.19. The average Bonchev–Trinajstić information content (AvgIpc) is 2.53. The summed E-state index contributed by atoms with van der Waals surface area (Å²) in [6.07, 6.45) is 0.629. The second kappa shape index (κ2) is 7.56. The Bertz CT molecular complexity index is 631. The molecular formula is C17H18FNO3. The topological polar surface area (TPSA) is 61.5 Å². The Morgan fingerprint density at radius 2 is 1.91 bits per heavy atom. The van der Waals surface area contributed by atoms with E-state index in [4.69, 9.17) is 10.5 Å². The summed E-state index contributed by atoms with van der Waals surface area (Å²) in [5, 5.41) is 0. The van der Waals surface area contributed by atoms with E-state index in [2.05, 4.69) is 4.74 Å². The van der Waals surface area contributed by atoms with Crippen LogP contribution in [0.15, 0.2) is 48.5 Å². The fraction of sp³-hybridized carbons (Fsp3) is 0.235. The largest absolute Gasteiger partial charge is 0.491 e. The van der Waals surface area contributed by atoms with Gasteiger partial charge in [-0.1, -0.05) is 36.4 Å². The molecule has 2 aromatic carbocycles. The van der Waals surface area contributed by atoms with E-state index < -0.39 is 11.8 Å². The first kappa shape index (κ1) is 16.0. The summed E-state index contributed by atoms with van der Waals surface area (Å²) in [4.78, 5) is 11.6. The van der Waals surface area contributed by atoms with E-state index in [0.29, 0.717) is 6.42 Å². The van der Waals surface area contributed by atoms with Gasteiger partial charge in [0.1, 0.15) is 23.7 Å². The Kier molecular flexibility index (Phi) is 5.49. The van der Waals surface area contributed by atoms with Crippen LogP contribution in [0.4, 0.5) is 4.39 Å². The van der Waals surface area contributed by atoms with Gasteiger partial charge in [0, 0.05) is 6.04 Å². The van der Waals surface area contributed by atoms with Crippen molar-refractivity contribution in [3.63, 3.8) is 0 Å². The van der Waals surface area contributed by atoms with Gasteiger partial charge in [0.05, 0.1) is 7.11 Å². The molecule has 0 amide bonds. The summed E-state index contributed by atoms with van der Waals surface area (Å²) < 4.78 is 23.8. The number of rotatable bonds is 6. The van der Waals surface area contributed by atoms with Crippen molar-refractivity contribution in [2.24, 2.45) is 5.73 Å². The van der Waals surface area contributed by atoms with E-state index in [-0.39, 0.29) is 24.0 Å². The number of ether oxygens (including phenoxy) is 2. The fourth-order valence-electron chi connectivity index (χ4n) is 2.10. The van der Waals surface area contributed by atoms with Crippen LogP contribution in [0.25, 0.3) is 0 Å². The van der Waals surface area contributed by atoms with Crippen LogP contribution < -0.4 is 10.5 Å². The number of nitrogens with two attached hydrogens (primary N) is 1. The molecule has 2 aromatic rings. The Morgan fingerprint density at radius 3 is 2.59 bits per heavy atom. The molecule has 1 atom stereocenters. The van der Waals surface area contributed by atoms with Crippen molar-refractivity contribution in [1.29, 1.82) is 0 Å². The lowest BCUT2D eigenvalue weighted by Crippen LogP contribution is -2.30. The minimum absolute atomic E-state index is 0.135. The number of halogens is 1. The van der Waals surface area contributed by atoms with Crippen LogP contribution in [0, 0.1) is 5.82 Å². The van der Waals surface area contributed by atoms with E-state index in [1.165, 1.54) is 25.3 Å². The molecule has 0 saturated heterocycles. The first-order valence-electron chi connectivity index (χ1n) is 6.91. The molecule has 0 fully saturated rings. The van der Waals surface area contributed by atoms with Crippen molar-refractivity contribution in [2.75, 3.05) is 13.7 Å². The molecule has 5 heteroatoms. The van der Waals surface area contributed by atoms with Crippen molar-refractivity contribution in [3.05, 3.63) is 65.5 Å². The number of methoxy groups -OCH3 is 1. The summed E-state index contributed by atoms with van der Waals surface area (Å²) in [5.41, 5.74) is 6.89. The quantitative estimate of drug-likeness (QED) is 0.833. The Hall–Kier alpha value is -2.40. The predicted molar refractivity (Wildman–Crippen MR) is 81.4 cm³/mol. The summed E-state index contributed by atoms with van der Waals surface area (Å²) in [6.45, 7) is 0.169. The van der Waals surface area contributed by atoms with Gasteiger partial charge in [-0.15, -0.1) is 0 Å². The van der Waals surface area contributed by atoms with Crippen LogP contribution in [0.3, 0.4) is 0 Å². The summed E-state index contributed by atoms with van der Waals surface area (Å²) in [5.74, 6) is -1.32. The van der Waals surface area contributed by atoms with Crippen molar-refractivity contribution in [3.8, 4) is 5.75 Å². The molecule has 0 saturated carbocycles. The maximum Gasteiger partial charge on any atom is 0.344 e. The van der Waals surface area contributed by atoms with E-state index in [1.54, 1.807) is 0 Å². The van der Waals surface area contributed by atoms with Crippen LogP contribution >= 0.6 is 0 Å². The molecule has 116 valence electrons. The molecule has 22 heavy (non-hydrogen) atoms. The van der Waals surface area contributed by atoms with Gasteiger partial charge in [0.2, 0.25) is 0 Å². The highest BCUT2D eigenvalue weighted by Crippen LogP contribution is 2.22. The molecule has 0 heterocycles. The maximum absolute atomic E-state index is 13.7. The van der Waals surface area contributed by atoms with Gasteiger partial charge in [-0.2, -0.15) is 0 Å². The predicted octanol–water partition coefficient (Wildman–Crippen LogP) is 2.56.